The summed E-state index contributed by atoms with van der Waals surface area (Å²) in [6.45, 7) is 4.01. The Hall–Kier alpha value is -0.350. The number of rotatable bonds is 4. The first-order valence-electron chi connectivity index (χ1n) is 3.00. The lowest BCUT2D eigenvalue weighted by molar-refractivity contribution is 0.481. The van der Waals surface area contributed by atoms with Crippen LogP contribution in [0.3, 0.4) is 0 Å². The van der Waals surface area contributed by atoms with Gasteiger partial charge in [0.15, 0.2) is 0 Å². The Balaban J connectivity index is 3.86. The molecule has 10 heavy (non-hydrogen) atoms. The third kappa shape index (κ3) is 3.63. The lowest BCUT2D eigenvalue weighted by atomic mass is 10.4. The van der Waals surface area contributed by atoms with Gasteiger partial charge in [-0.2, -0.15) is 0 Å². The van der Waals surface area contributed by atoms with Crippen molar-refractivity contribution < 1.29 is 8.42 Å². The summed E-state index contributed by atoms with van der Waals surface area (Å²) < 4.78 is 22.8. The van der Waals surface area contributed by atoms with Crippen molar-refractivity contribution in [3.63, 3.8) is 0 Å². The van der Waals surface area contributed by atoms with E-state index in [1.807, 2.05) is 0 Å². The molecule has 0 aliphatic rings. The third-order valence-electron chi connectivity index (χ3n) is 1.21. The van der Waals surface area contributed by atoms with E-state index >= 15 is 0 Å². The molecule has 0 saturated carbocycles. The molecule has 0 rings (SSSR count). The van der Waals surface area contributed by atoms with E-state index in [-0.39, 0.29) is 0 Å². The molecule has 0 aromatic rings. The van der Waals surface area contributed by atoms with Crippen LogP contribution in [0.2, 0.25) is 0 Å². The van der Waals surface area contributed by atoms with Crippen molar-refractivity contribution in [2.75, 3.05) is 19.8 Å². The van der Waals surface area contributed by atoms with Crippen molar-refractivity contribution in [1.82, 2.24) is 4.31 Å². The largest absolute Gasteiger partial charge is 0.213 e. The van der Waals surface area contributed by atoms with Gasteiger partial charge in [-0.1, -0.05) is 6.08 Å². The van der Waals surface area contributed by atoms with E-state index in [2.05, 4.69) is 6.58 Å². The van der Waals surface area contributed by atoms with Gasteiger partial charge in [0.2, 0.25) is 10.0 Å². The van der Waals surface area contributed by atoms with Crippen LogP contribution in [-0.4, -0.2) is 32.6 Å². The normalized spacial score (nSPS) is 11.9. The minimum atomic E-state index is -2.99. The highest BCUT2D eigenvalue weighted by Crippen LogP contribution is 1.94. The van der Waals surface area contributed by atoms with E-state index in [1.54, 1.807) is 13.1 Å². The van der Waals surface area contributed by atoms with Gasteiger partial charge >= 0.3 is 0 Å². The lowest BCUT2D eigenvalue weighted by Gasteiger charge is -2.11. The van der Waals surface area contributed by atoms with Gasteiger partial charge in [0.05, 0.1) is 6.26 Å². The van der Waals surface area contributed by atoms with Crippen LogP contribution in [0.25, 0.3) is 0 Å². The van der Waals surface area contributed by atoms with Gasteiger partial charge < -0.3 is 0 Å². The topological polar surface area (TPSA) is 37.4 Å². The van der Waals surface area contributed by atoms with Crippen LogP contribution in [0.5, 0.6) is 0 Å². The monoisotopic (exact) mass is 163 g/mol. The quantitative estimate of drug-likeness (QED) is 0.564. The number of hydrogen-bond donors (Lipinski definition) is 0. The first-order valence-corrected chi connectivity index (χ1v) is 4.85. The molecule has 0 spiro atoms. The molecule has 0 saturated heterocycles. The van der Waals surface area contributed by atoms with Gasteiger partial charge in [-0.25, -0.2) is 12.7 Å². The van der Waals surface area contributed by atoms with E-state index in [4.69, 9.17) is 0 Å². The number of hydrogen-bond acceptors (Lipinski definition) is 2. The molecule has 0 aliphatic carbocycles. The second-order valence-corrected chi connectivity index (χ2v) is 4.25. The molecule has 4 heteroatoms. The Bertz CT molecular complexity index is 196. The van der Waals surface area contributed by atoms with Crippen LogP contribution in [0.1, 0.15) is 6.42 Å². The summed E-state index contributed by atoms with van der Waals surface area (Å²) in [6, 6.07) is 0. The molecule has 0 bridgehead atoms. The Labute approximate surface area is 62.4 Å². The van der Waals surface area contributed by atoms with E-state index in [0.29, 0.717) is 13.0 Å². The second-order valence-electron chi connectivity index (χ2n) is 2.16. The minimum Gasteiger partial charge on any atom is -0.213 e. The molecule has 0 heterocycles. The highest BCUT2D eigenvalue weighted by atomic mass is 32.2. The summed E-state index contributed by atoms with van der Waals surface area (Å²) in [4.78, 5) is 0. The smallest absolute Gasteiger partial charge is 0.210 e. The van der Waals surface area contributed by atoms with Crippen LogP contribution in [0.4, 0.5) is 0 Å². The molecule has 0 aromatic heterocycles. The maximum atomic E-state index is 10.7. The average Bonchev–Trinajstić information content (AvgIpc) is 1.80. The Morgan fingerprint density at radius 2 is 2.10 bits per heavy atom. The average molecular weight is 163 g/mol. The second kappa shape index (κ2) is 3.73. The van der Waals surface area contributed by atoms with Crippen LogP contribution in [0.15, 0.2) is 12.7 Å². The molecular formula is C6H13NO2S. The summed E-state index contributed by atoms with van der Waals surface area (Å²) in [5.41, 5.74) is 0. The molecule has 0 fully saturated rings. The van der Waals surface area contributed by atoms with Gasteiger partial charge in [0, 0.05) is 13.6 Å². The minimum absolute atomic E-state index is 0.516. The highest BCUT2D eigenvalue weighted by Gasteiger charge is 2.07. The summed E-state index contributed by atoms with van der Waals surface area (Å²) in [6.07, 6.45) is 3.58. The summed E-state index contributed by atoms with van der Waals surface area (Å²) in [5, 5.41) is 0. The van der Waals surface area contributed by atoms with Gasteiger partial charge in [-0.3, -0.25) is 0 Å². The molecule has 0 radical (unpaired) electrons. The van der Waals surface area contributed by atoms with Crippen molar-refractivity contribution >= 4 is 10.0 Å². The van der Waals surface area contributed by atoms with Gasteiger partial charge in [-0.05, 0) is 6.42 Å². The fraction of sp³-hybridized carbons (Fsp3) is 0.667. The summed E-state index contributed by atoms with van der Waals surface area (Å²) in [5.74, 6) is 0. The Morgan fingerprint density at radius 1 is 1.60 bits per heavy atom. The van der Waals surface area contributed by atoms with E-state index < -0.39 is 10.0 Å². The molecule has 3 nitrogen and oxygen atoms in total. The van der Waals surface area contributed by atoms with E-state index in [9.17, 15) is 8.42 Å². The fourth-order valence-corrected chi connectivity index (χ4v) is 0.876. The lowest BCUT2D eigenvalue weighted by Crippen LogP contribution is -2.26. The highest BCUT2D eigenvalue weighted by molar-refractivity contribution is 7.88. The number of nitrogens with zero attached hydrogens (tertiary/aromatic N) is 1. The molecule has 0 atom stereocenters. The van der Waals surface area contributed by atoms with Gasteiger partial charge in [-0.15, -0.1) is 6.58 Å². The molecule has 0 aliphatic heterocycles. The third-order valence-corrected chi connectivity index (χ3v) is 2.53. The van der Waals surface area contributed by atoms with Crippen molar-refractivity contribution in [3.05, 3.63) is 12.7 Å². The van der Waals surface area contributed by atoms with Crippen LogP contribution >= 0.6 is 0 Å². The predicted molar refractivity (Wildman–Crippen MR) is 42.3 cm³/mol. The zero-order chi connectivity index (χ0) is 8.20. The first kappa shape index (κ1) is 9.65. The predicted octanol–water partition coefficient (Wildman–Crippen LogP) is 0.454. The SMILES string of the molecule is C=CCCN(C)S(C)(=O)=O. The van der Waals surface area contributed by atoms with Crippen LogP contribution in [-0.2, 0) is 10.0 Å². The maximum Gasteiger partial charge on any atom is 0.210 e. The molecule has 0 aromatic carbocycles. The van der Waals surface area contributed by atoms with Crippen molar-refractivity contribution in [1.29, 1.82) is 0 Å². The first-order chi connectivity index (χ1) is 4.48. The molecular weight excluding hydrogens is 150 g/mol. The molecule has 60 valence electrons. The van der Waals surface area contributed by atoms with E-state index in [0.717, 1.165) is 0 Å². The van der Waals surface area contributed by atoms with Crippen molar-refractivity contribution in [2.24, 2.45) is 0 Å². The fourth-order valence-electron chi connectivity index (χ4n) is 0.439. The zero-order valence-corrected chi connectivity index (χ0v) is 7.19. The zero-order valence-electron chi connectivity index (χ0n) is 6.37. The maximum absolute atomic E-state index is 10.7. The van der Waals surface area contributed by atoms with Crippen molar-refractivity contribution in [3.8, 4) is 0 Å². The van der Waals surface area contributed by atoms with Gasteiger partial charge in [0.25, 0.3) is 0 Å². The molecule has 0 unspecified atom stereocenters. The summed E-state index contributed by atoms with van der Waals surface area (Å²) >= 11 is 0. The molecule has 0 N–H and O–H groups in total. The van der Waals surface area contributed by atoms with Crippen LogP contribution in [0, 0.1) is 0 Å². The van der Waals surface area contributed by atoms with E-state index in [1.165, 1.54) is 10.6 Å². The van der Waals surface area contributed by atoms with Crippen LogP contribution < -0.4 is 0 Å². The Morgan fingerprint density at radius 3 is 2.40 bits per heavy atom. The standard InChI is InChI=1S/C6H13NO2S/c1-4-5-6-7(2)10(3,8)9/h4H,1,5-6H2,2-3H3. The van der Waals surface area contributed by atoms with Gasteiger partial charge in [0.1, 0.15) is 0 Å². The van der Waals surface area contributed by atoms with Crippen molar-refractivity contribution in [2.45, 2.75) is 6.42 Å². The molecule has 0 amide bonds. The Kier molecular flexibility index (Phi) is 3.60. The summed E-state index contributed by atoms with van der Waals surface area (Å²) in [7, 11) is -1.44. The number of sulfonamides is 1.